The highest BCUT2D eigenvalue weighted by molar-refractivity contribution is 5.99. The summed E-state index contributed by atoms with van der Waals surface area (Å²) in [5, 5.41) is 2.25. The van der Waals surface area contributed by atoms with Crippen LogP contribution in [0, 0.1) is 0 Å². The molecule has 5 rings (SSSR count). The van der Waals surface area contributed by atoms with Gasteiger partial charge in [0.25, 0.3) is 0 Å². The van der Waals surface area contributed by atoms with Crippen LogP contribution in [0.2, 0.25) is 0 Å². The number of ether oxygens (including phenoxy) is 2. The quantitative estimate of drug-likeness (QED) is 0.501. The van der Waals surface area contributed by atoms with Crippen molar-refractivity contribution in [3.63, 3.8) is 0 Å². The van der Waals surface area contributed by atoms with Gasteiger partial charge >= 0.3 is 0 Å². The van der Waals surface area contributed by atoms with Crippen molar-refractivity contribution in [2.45, 2.75) is 13.0 Å². The Morgan fingerprint density at radius 1 is 1.00 bits per heavy atom. The largest absolute Gasteiger partial charge is 0.493 e. The third-order valence-electron chi connectivity index (χ3n) is 6.54. The van der Waals surface area contributed by atoms with Crippen molar-refractivity contribution in [1.82, 2.24) is 24.3 Å². The molecular formula is C25H31N5O2. The number of nitrogens with zero attached hydrogens (tertiary/aromatic N) is 4. The molecule has 0 amide bonds. The third-order valence-corrected chi connectivity index (χ3v) is 6.54. The van der Waals surface area contributed by atoms with Gasteiger partial charge in [-0.2, -0.15) is 0 Å². The number of methoxy groups -OCH3 is 2. The molecule has 1 aliphatic heterocycles. The lowest BCUT2D eigenvalue weighted by Gasteiger charge is -2.20. The van der Waals surface area contributed by atoms with E-state index in [0.29, 0.717) is 0 Å². The highest BCUT2D eigenvalue weighted by atomic mass is 16.5. The fourth-order valence-electron chi connectivity index (χ4n) is 4.69. The first-order valence-corrected chi connectivity index (χ1v) is 11.3. The summed E-state index contributed by atoms with van der Waals surface area (Å²) >= 11 is 0. The molecule has 0 spiro atoms. The lowest BCUT2D eigenvalue weighted by atomic mass is 10.1. The first-order valence-electron chi connectivity index (χ1n) is 11.3. The van der Waals surface area contributed by atoms with E-state index in [2.05, 4.69) is 61.8 Å². The van der Waals surface area contributed by atoms with Crippen LogP contribution < -0.4 is 9.47 Å². The Morgan fingerprint density at radius 3 is 2.66 bits per heavy atom. The summed E-state index contributed by atoms with van der Waals surface area (Å²) < 4.78 is 13.6. The van der Waals surface area contributed by atoms with E-state index in [1.165, 1.54) is 13.0 Å². The van der Waals surface area contributed by atoms with E-state index in [-0.39, 0.29) is 0 Å². The van der Waals surface area contributed by atoms with Crippen LogP contribution in [0.5, 0.6) is 11.5 Å². The molecule has 0 aliphatic carbocycles. The molecule has 3 aromatic heterocycles. The summed E-state index contributed by atoms with van der Waals surface area (Å²) in [6, 6.07) is 10.4. The van der Waals surface area contributed by atoms with E-state index < -0.39 is 0 Å². The molecule has 0 unspecified atom stereocenters. The molecule has 0 atom stereocenters. The zero-order valence-corrected chi connectivity index (χ0v) is 19.1. The van der Waals surface area contributed by atoms with Crippen molar-refractivity contribution in [3.05, 3.63) is 42.7 Å². The Hall–Kier alpha value is -3.03. The fraction of sp³-hybridized carbons (Fsp3) is 0.400. The second kappa shape index (κ2) is 8.84. The van der Waals surface area contributed by atoms with Gasteiger partial charge in [0.2, 0.25) is 0 Å². The Kier molecular flexibility index (Phi) is 5.76. The number of hydrogen-bond acceptors (Lipinski definition) is 5. The molecule has 4 aromatic rings. The van der Waals surface area contributed by atoms with Gasteiger partial charge in [0.05, 0.1) is 19.7 Å². The Morgan fingerprint density at radius 2 is 1.84 bits per heavy atom. The molecule has 1 aliphatic rings. The number of nitrogens with one attached hydrogen (secondary N) is 1. The van der Waals surface area contributed by atoms with Crippen molar-refractivity contribution in [3.8, 4) is 22.8 Å². The topological polar surface area (TPSA) is 58.5 Å². The predicted octanol–water partition coefficient (Wildman–Crippen LogP) is 3.84. The lowest BCUT2D eigenvalue weighted by molar-refractivity contribution is 0.267. The van der Waals surface area contributed by atoms with E-state index in [1.54, 1.807) is 14.2 Å². The summed E-state index contributed by atoms with van der Waals surface area (Å²) in [4.78, 5) is 13.0. The van der Waals surface area contributed by atoms with Gasteiger partial charge in [-0.25, -0.2) is 4.98 Å². The lowest BCUT2D eigenvalue weighted by Crippen LogP contribution is -2.31. The van der Waals surface area contributed by atoms with Crippen LogP contribution in [0.1, 0.15) is 6.42 Å². The van der Waals surface area contributed by atoms with Crippen LogP contribution in [0.15, 0.2) is 42.7 Å². The van der Waals surface area contributed by atoms with Gasteiger partial charge < -0.3 is 28.8 Å². The molecule has 7 heteroatoms. The number of rotatable bonds is 6. The molecule has 0 bridgehead atoms. The molecule has 7 nitrogen and oxygen atoms in total. The monoisotopic (exact) mass is 433 g/mol. The average molecular weight is 434 g/mol. The van der Waals surface area contributed by atoms with Crippen LogP contribution in [-0.2, 0) is 6.54 Å². The number of benzene rings is 1. The second-order valence-corrected chi connectivity index (χ2v) is 8.58. The first-order chi connectivity index (χ1) is 15.7. The number of hydrogen-bond donors (Lipinski definition) is 1. The van der Waals surface area contributed by atoms with Crippen molar-refractivity contribution >= 4 is 21.9 Å². The number of H-pyrrole nitrogens is 1. The van der Waals surface area contributed by atoms with Gasteiger partial charge in [-0.15, -0.1) is 0 Å². The average Bonchev–Trinajstić information content (AvgIpc) is 3.33. The normalized spacial score (nSPS) is 16.0. The zero-order valence-electron chi connectivity index (χ0n) is 19.1. The van der Waals surface area contributed by atoms with Gasteiger partial charge in [0.1, 0.15) is 5.65 Å². The smallest absolute Gasteiger partial charge is 0.162 e. The number of likely N-dealkylation sites (N-methyl/N-ethyl adjacent to an activating group) is 1. The summed E-state index contributed by atoms with van der Waals surface area (Å²) in [5.41, 5.74) is 4.26. The minimum absolute atomic E-state index is 0.740. The standard InChI is InChI=1S/C25H31N5O2/c1-28-8-5-9-29(11-10-28)12-13-30-17-20(21-14-18-6-4-7-26-25(18)27-21)19-15-23(31-2)24(32-3)16-22(19)30/h4,6-7,14-17H,5,8-13H2,1-3H3,(H,26,27). The minimum atomic E-state index is 0.740. The Bertz CT molecular complexity index is 1200. The van der Waals surface area contributed by atoms with Crippen LogP contribution in [0.25, 0.3) is 33.2 Å². The van der Waals surface area contributed by atoms with E-state index >= 15 is 0 Å². The number of aromatic amines is 1. The molecule has 1 saturated heterocycles. The van der Waals surface area contributed by atoms with Crippen molar-refractivity contribution in [2.24, 2.45) is 0 Å². The summed E-state index contributed by atoms with van der Waals surface area (Å²) in [7, 11) is 5.59. The van der Waals surface area contributed by atoms with Gasteiger partial charge in [-0.1, -0.05) is 0 Å². The highest BCUT2D eigenvalue weighted by Gasteiger charge is 2.18. The van der Waals surface area contributed by atoms with E-state index in [4.69, 9.17) is 9.47 Å². The minimum Gasteiger partial charge on any atom is -0.493 e. The Balaban J connectivity index is 1.54. The van der Waals surface area contributed by atoms with Crippen LogP contribution in [0.3, 0.4) is 0 Å². The van der Waals surface area contributed by atoms with E-state index in [0.717, 1.165) is 77.4 Å². The van der Waals surface area contributed by atoms with Crippen molar-refractivity contribution in [2.75, 3.05) is 54.0 Å². The molecule has 32 heavy (non-hydrogen) atoms. The highest BCUT2D eigenvalue weighted by Crippen LogP contribution is 2.38. The second-order valence-electron chi connectivity index (χ2n) is 8.58. The van der Waals surface area contributed by atoms with Gasteiger partial charge in [-0.3, -0.25) is 0 Å². The molecular weight excluding hydrogens is 402 g/mol. The van der Waals surface area contributed by atoms with Crippen LogP contribution in [-0.4, -0.2) is 78.3 Å². The number of fused-ring (bicyclic) bond motifs is 2. The first kappa shape index (κ1) is 20.8. The fourth-order valence-corrected chi connectivity index (χ4v) is 4.69. The summed E-state index contributed by atoms with van der Waals surface area (Å²) in [6.45, 7) is 6.53. The summed E-state index contributed by atoms with van der Waals surface area (Å²) in [5.74, 6) is 1.49. The van der Waals surface area contributed by atoms with Crippen LogP contribution >= 0.6 is 0 Å². The predicted molar refractivity (Wildman–Crippen MR) is 129 cm³/mol. The molecule has 0 radical (unpaired) electrons. The third kappa shape index (κ3) is 3.94. The van der Waals surface area contributed by atoms with Gasteiger partial charge in [0, 0.05) is 66.7 Å². The number of pyridine rings is 1. The van der Waals surface area contributed by atoms with Crippen molar-refractivity contribution in [1.29, 1.82) is 0 Å². The maximum Gasteiger partial charge on any atom is 0.162 e. The van der Waals surface area contributed by atoms with E-state index in [9.17, 15) is 0 Å². The molecule has 1 fully saturated rings. The van der Waals surface area contributed by atoms with Gasteiger partial charge in [0.15, 0.2) is 11.5 Å². The number of aromatic nitrogens is 3. The molecule has 1 aromatic carbocycles. The van der Waals surface area contributed by atoms with Crippen molar-refractivity contribution < 1.29 is 9.47 Å². The Labute approximate surface area is 188 Å². The van der Waals surface area contributed by atoms with E-state index in [1.807, 2.05) is 12.3 Å². The summed E-state index contributed by atoms with van der Waals surface area (Å²) in [6.07, 6.45) is 5.29. The zero-order chi connectivity index (χ0) is 22.1. The SMILES string of the molecule is COc1cc2c(-c3cc4cccnc4[nH]3)cn(CCN3CCCN(C)CC3)c2cc1OC. The maximum absolute atomic E-state index is 5.61. The van der Waals surface area contributed by atoms with Crippen LogP contribution in [0.4, 0.5) is 0 Å². The molecule has 168 valence electrons. The van der Waals surface area contributed by atoms with Gasteiger partial charge in [-0.05, 0) is 50.8 Å². The molecule has 0 saturated carbocycles. The molecule has 4 heterocycles. The maximum atomic E-state index is 5.61. The molecule has 1 N–H and O–H groups in total.